The second-order valence-corrected chi connectivity index (χ2v) is 7.63. The Morgan fingerprint density at radius 3 is 2.32 bits per heavy atom. The average molecular weight is 304 g/mol. The van der Waals surface area contributed by atoms with Crippen LogP contribution in [0.3, 0.4) is 0 Å². The third-order valence-electron chi connectivity index (χ3n) is 3.14. The predicted octanol–water partition coefficient (Wildman–Crippen LogP) is 3.32. The van der Waals surface area contributed by atoms with Gasteiger partial charge in [0.2, 0.25) is 10.0 Å². The number of alkyl halides is 1. The molecule has 5 heteroatoms. The number of hydrogen-bond donors (Lipinski definition) is 0. The Morgan fingerprint density at radius 2 is 1.84 bits per heavy atom. The van der Waals surface area contributed by atoms with Crippen molar-refractivity contribution in [1.82, 2.24) is 4.31 Å². The molecule has 1 aromatic carbocycles. The summed E-state index contributed by atoms with van der Waals surface area (Å²) in [5, 5.41) is 0. The van der Waals surface area contributed by atoms with Crippen molar-refractivity contribution in [2.75, 3.05) is 13.6 Å². The van der Waals surface area contributed by atoms with Crippen molar-refractivity contribution in [3.05, 3.63) is 28.8 Å². The summed E-state index contributed by atoms with van der Waals surface area (Å²) in [5.74, 6) is 0.606. The van der Waals surface area contributed by atoms with Crippen LogP contribution in [-0.2, 0) is 15.9 Å². The summed E-state index contributed by atoms with van der Waals surface area (Å²) < 4.78 is 26.6. The Kier molecular flexibility index (Phi) is 5.42. The van der Waals surface area contributed by atoms with Gasteiger partial charge < -0.3 is 0 Å². The first-order chi connectivity index (χ1) is 8.70. The van der Waals surface area contributed by atoms with Gasteiger partial charge in [0.1, 0.15) is 0 Å². The number of rotatable bonds is 5. The molecule has 0 bridgehead atoms. The van der Waals surface area contributed by atoms with Crippen molar-refractivity contribution >= 4 is 21.6 Å². The van der Waals surface area contributed by atoms with Crippen molar-refractivity contribution < 1.29 is 8.42 Å². The van der Waals surface area contributed by atoms with Gasteiger partial charge in [-0.25, -0.2) is 12.7 Å². The van der Waals surface area contributed by atoms with Gasteiger partial charge in [-0.1, -0.05) is 19.9 Å². The van der Waals surface area contributed by atoms with Crippen LogP contribution in [0.1, 0.15) is 30.5 Å². The fourth-order valence-corrected chi connectivity index (χ4v) is 3.86. The maximum Gasteiger partial charge on any atom is 0.243 e. The lowest BCUT2D eigenvalue weighted by Gasteiger charge is -2.21. The molecule has 0 aromatic heterocycles. The fraction of sp³-hybridized carbons (Fsp3) is 0.571. The fourth-order valence-electron chi connectivity index (χ4n) is 2.02. The third-order valence-corrected chi connectivity index (χ3v) is 5.40. The molecule has 0 unspecified atom stereocenters. The van der Waals surface area contributed by atoms with E-state index in [4.69, 9.17) is 11.6 Å². The highest BCUT2D eigenvalue weighted by molar-refractivity contribution is 7.89. The lowest BCUT2D eigenvalue weighted by molar-refractivity contribution is 0.417. The van der Waals surface area contributed by atoms with E-state index >= 15 is 0 Å². The molecular formula is C14H22ClNO2S. The molecule has 0 aliphatic rings. The van der Waals surface area contributed by atoms with Gasteiger partial charge in [-0.2, -0.15) is 0 Å². The standard InChI is InChI=1S/C14H22ClNO2S/c1-10(2)9-16(5)19(17,18)14-7-13(8-15)6-11(3)12(14)4/h6-7,10H,8-9H2,1-5H3. The number of aryl methyl sites for hydroxylation is 1. The highest BCUT2D eigenvalue weighted by atomic mass is 35.5. The van der Waals surface area contributed by atoms with Crippen LogP contribution in [0, 0.1) is 19.8 Å². The number of nitrogens with zero attached hydrogens (tertiary/aromatic N) is 1. The molecule has 0 spiro atoms. The zero-order valence-electron chi connectivity index (χ0n) is 12.2. The summed E-state index contributed by atoms with van der Waals surface area (Å²) in [5.41, 5.74) is 2.58. The van der Waals surface area contributed by atoms with Crippen LogP contribution in [0.25, 0.3) is 0 Å². The molecule has 0 aliphatic heterocycles. The monoisotopic (exact) mass is 303 g/mol. The summed E-state index contributed by atoms with van der Waals surface area (Å²) in [7, 11) is -1.82. The molecule has 0 saturated heterocycles. The Bertz CT molecular complexity index is 553. The minimum Gasteiger partial charge on any atom is -0.207 e. The van der Waals surface area contributed by atoms with Crippen molar-refractivity contribution in [3.8, 4) is 0 Å². The molecule has 0 radical (unpaired) electrons. The maximum atomic E-state index is 12.6. The molecular weight excluding hydrogens is 282 g/mol. The van der Waals surface area contributed by atoms with Gasteiger partial charge >= 0.3 is 0 Å². The van der Waals surface area contributed by atoms with Crippen LogP contribution in [-0.4, -0.2) is 26.3 Å². The van der Waals surface area contributed by atoms with Gasteiger partial charge in [0.05, 0.1) is 4.90 Å². The largest absolute Gasteiger partial charge is 0.243 e. The molecule has 0 N–H and O–H groups in total. The van der Waals surface area contributed by atoms with Crippen LogP contribution in [0.4, 0.5) is 0 Å². The van der Waals surface area contributed by atoms with Crippen LogP contribution in [0.15, 0.2) is 17.0 Å². The zero-order valence-corrected chi connectivity index (χ0v) is 13.8. The summed E-state index contributed by atoms with van der Waals surface area (Å²) in [6.45, 7) is 8.25. The lowest BCUT2D eigenvalue weighted by Crippen LogP contribution is -2.31. The summed E-state index contributed by atoms with van der Waals surface area (Å²) in [6.07, 6.45) is 0. The van der Waals surface area contributed by atoms with Gasteiger partial charge in [-0.05, 0) is 42.5 Å². The van der Waals surface area contributed by atoms with Crippen LogP contribution >= 0.6 is 11.6 Å². The summed E-state index contributed by atoms with van der Waals surface area (Å²) in [6, 6.07) is 3.62. The van der Waals surface area contributed by atoms with Gasteiger partial charge in [0.25, 0.3) is 0 Å². The van der Waals surface area contributed by atoms with E-state index in [1.165, 1.54) is 4.31 Å². The number of benzene rings is 1. The highest BCUT2D eigenvalue weighted by Crippen LogP contribution is 2.25. The van der Waals surface area contributed by atoms with Crippen molar-refractivity contribution in [1.29, 1.82) is 0 Å². The molecule has 108 valence electrons. The normalized spacial score (nSPS) is 12.4. The van der Waals surface area contributed by atoms with Gasteiger partial charge in [0, 0.05) is 19.5 Å². The Labute approximate surface area is 121 Å². The minimum absolute atomic E-state index is 0.289. The molecule has 0 saturated carbocycles. The molecule has 0 fully saturated rings. The number of hydrogen-bond acceptors (Lipinski definition) is 2. The molecule has 1 rings (SSSR count). The summed E-state index contributed by atoms with van der Waals surface area (Å²) >= 11 is 5.83. The van der Waals surface area contributed by atoms with E-state index in [1.807, 2.05) is 33.8 Å². The smallest absolute Gasteiger partial charge is 0.207 e. The summed E-state index contributed by atoms with van der Waals surface area (Å²) in [4.78, 5) is 0.367. The first kappa shape index (κ1) is 16.5. The van der Waals surface area contributed by atoms with E-state index in [2.05, 4.69) is 0 Å². The van der Waals surface area contributed by atoms with Crippen LogP contribution < -0.4 is 0 Å². The molecule has 0 heterocycles. The average Bonchev–Trinajstić information content (AvgIpc) is 2.31. The van der Waals surface area contributed by atoms with E-state index in [1.54, 1.807) is 13.1 Å². The molecule has 3 nitrogen and oxygen atoms in total. The van der Waals surface area contributed by atoms with Crippen molar-refractivity contribution in [3.63, 3.8) is 0 Å². The molecule has 0 amide bonds. The molecule has 0 aliphatic carbocycles. The van der Waals surface area contributed by atoms with E-state index in [9.17, 15) is 8.42 Å². The van der Waals surface area contributed by atoms with Crippen LogP contribution in [0.5, 0.6) is 0 Å². The second kappa shape index (κ2) is 6.25. The Hall–Kier alpha value is -0.580. The molecule has 1 aromatic rings. The van der Waals surface area contributed by atoms with Crippen molar-refractivity contribution in [2.24, 2.45) is 5.92 Å². The maximum absolute atomic E-state index is 12.6. The molecule has 19 heavy (non-hydrogen) atoms. The Balaban J connectivity index is 3.32. The van der Waals surface area contributed by atoms with Gasteiger partial charge in [-0.15, -0.1) is 11.6 Å². The SMILES string of the molecule is Cc1cc(CCl)cc(S(=O)(=O)N(C)CC(C)C)c1C. The number of sulfonamides is 1. The van der Waals surface area contributed by atoms with Gasteiger partial charge in [-0.3, -0.25) is 0 Å². The van der Waals surface area contributed by atoms with Crippen LogP contribution in [0.2, 0.25) is 0 Å². The van der Waals surface area contributed by atoms with Crippen molar-refractivity contribution in [2.45, 2.75) is 38.5 Å². The highest BCUT2D eigenvalue weighted by Gasteiger charge is 2.24. The zero-order chi connectivity index (χ0) is 14.8. The topological polar surface area (TPSA) is 37.4 Å². The first-order valence-electron chi connectivity index (χ1n) is 6.32. The van der Waals surface area contributed by atoms with E-state index in [0.717, 1.165) is 16.7 Å². The van der Waals surface area contributed by atoms with E-state index < -0.39 is 10.0 Å². The van der Waals surface area contributed by atoms with Gasteiger partial charge in [0.15, 0.2) is 0 Å². The number of halogens is 1. The first-order valence-corrected chi connectivity index (χ1v) is 8.30. The minimum atomic E-state index is -3.45. The van der Waals surface area contributed by atoms with E-state index in [-0.39, 0.29) is 5.92 Å². The Morgan fingerprint density at radius 1 is 1.26 bits per heavy atom. The second-order valence-electron chi connectivity index (χ2n) is 5.35. The quantitative estimate of drug-likeness (QED) is 0.783. The molecule has 0 atom stereocenters. The predicted molar refractivity (Wildman–Crippen MR) is 80.1 cm³/mol. The lowest BCUT2D eigenvalue weighted by atomic mass is 10.1. The van der Waals surface area contributed by atoms with E-state index in [0.29, 0.717) is 17.3 Å². The third kappa shape index (κ3) is 3.71.